The topological polar surface area (TPSA) is 86.3 Å². The van der Waals surface area contributed by atoms with Crippen molar-refractivity contribution in [1.82, 2.24) is 24.9 Å². The van der Waals surface area contributed by atoms with E-state index in [0.29, 0.717) is 36.5 Å². The fourth-order valence-corrected chi connectivity index (χ4v) is 2.66. The van der Waals surface area contributed by atoms with Crippen molar-refractivity contribution in [2.75, 3.05) is 19.7 Å². The fourth-order valence-electron chi connectivity index (χ4n) is 2.52. The van der Waals surface area contributed by atoms with Crippen LogP contribution < -0.4 is 0 Å². The highest BCUT2D eigenvalue weighted by Gasteiger charge is 2.29. The summed E-state index contributed by atoms with van der Waals surface area (Å²) in [5.74, 6) is 0.829. The Bertz CT molecular complexity index is 726. The Kier molecular flexibility index (Phi) is 4.36. The predicted molar refractivity (Wildman–Crippen MR) is 81.0 cm³/mol. The Hall–Kier alpha value is -1.93. The standard InChI is InChI=1S/C14H18ClN5O3/c1-8-13(15)9(2)20(18-8)7-12(21)19-4-5-22-11(6-19)14-17-16-10(3)23-14/h11H,4-7H2,1-3H3. The largest absolute Gasteiger partial charge is 0.423 e. The normalized spacial score (nSPS) is 18.4. The van der Waals surface area contributed by atoms with E-state index in [2.05, 4.69) is 15.3 Å². The molecule has 9 heteroatoms. The highest BCUT2D eigenvalue weighted by atomic mass is 35.5. The van der Waals surface area contributed by atoms with E-state index >= 15 is 0 Å². The van der Waals surface area contributed by atoms with Crippen molar-refractivity contribution in [2.24, 2.45) is 0 Å². The molecule has 1 saturated heterocycles. The molecule has 23 heavy (non-hydrogen) atoms. The van der Waals surface area contributed by atoms with E-state index in [0.717, 1.165) is 11.4 Å². The summed E-state index contributed by atoms with van der Waals surface area (Å²) in [5.41, 5.74) is 1.51. The third-order valence-electron chi connectivity index (χ3n) is 3.81. The maximum absolute atomic E-state index is 12.5. The molecule has 0 aromatic carbocycles. The summed E-state index contributed by atoms with van der Waals surface area (Å²) in [6.45, 7) is 6.86. The van der Waals surface area contributed by atoms with Gasteiger partial charge in [-0.2, -0.15) is 5.10 Å². The Balaban J connectivity index is 1.68. The van der Waals surface area contributed by atoms with Gasteiger partial charge in [0.15, 0.2) is 6.10 Å². The minimum atomic E-state index is -0.391. The van der Waals surface area contributed by atoms with Crippen molar-refractivity contribution < 1.29 is 13.9 Å². The van der Waals surface area contributed by atoms with Crippen LogP contribution in [0, 0.1) is 20.8 Å². The molecule has 0 bridgehead atoms. The van der Waals surface area contributed by atoms with Gasteiger partial charge in [-0.15, -0.1) is 10.2 Å². The molecule has 124 valence electrons. The Morgan fingerprint density at radius 1 is 1.35 bits per heavy atom. The number of nitrogens with zero attached hydrogens (tertiary/aromatic N) is 5. The lowest BCUT2D eigenvalue weighted by atomic mass is 10.2. The number of halogens is 1. The summed E-state index contributed by atoms with van der Waals surface area (Å²) < 4.78 is 12.6. The monoisotopic (exact) mass is 339 g/mol. The van der Waals surface area contributed by atoms with Crippen LogP contribution in [-0.4, -0.2) is 50.5 Å². The fraction of sp³-hybridized carbons (Fsp3) is 0.571. The number of ether oxygens (including phenoxy) is 1. The number of aromatic nitrogens is 4. The number of aryl methyl sites for hydroxylation is 2. The van der Waals surface area contributed by atoms with E-state index < -0.39 is 6.10 Å². The van der Waals surface area contributed by atoms with Crippen LogP contribution in [0.4, 0.5) is 0 Å². The molecule has 1 amide bonds. The molecular formula is C14H18ClN5O3. The second-order valence-electron chi connectivity index (χ2n) is 5.50. The van der Waals surface area contributed by atoms with Crippen molar-refractivity contribution in [3.8, 4) is 0 Å². The molecular weight excluding hydrogens is 322 g/mol. The quantitative estimate of drug-likeness (QED) is 0.841. The lowest BCUT2D eigenvalue weighted by Gasteiger charge is -2.31. The molecule has 1 fully saturated rings. The molecule has 2 aromatic rings. The third kappa shape index (κ3) is 3.23. The smallest absolute Gasteiger partial charge is 0.246 e. The van der Waals surface area contributed by atoms with Crippen molar-refractivity contribution in [3.63, 3.8) is 0 Å². The Morgan fingerprint density at radius 2 is 2.13 bits per heavy atom. The van der Waals surface area contributed by atoms with Crippen molar-refractivity contribution in [2.45, 2.75) is 33.4 Å². The van der Waals surface area contributed by atoms with E-state index in [1.165, 1.54) is 0 Å². The van der Waals surface area contributed by atoms with Crippen LogP contribution in [0.2, 0.25) is 5.02 Å². The molecule has 1 unspecified atom stereocenters. The molecule has 1 aliphatic heterocycles. The lowest BCUT2D eigenvalue weighted by Crippen LogP contribution is -2.44. The van der Waals surface area contributed by atoms with Crippen LogP contribution in [0.15, 0.2) is 4.42 Å². The van der Waals surface area contributed by atoms with Crippen molar-refractivity contribution in [3.05, 3.63) is 28.2 Å². The number of carbonyl (C=O) groups is 1. The van der Waals surface area contributed by atoms with Gasteiger partial charge in [-0.3, -0.25) is 9.48 Å². The zero-order valence-electron chi connectivity index (χ0n) is 13.2. The van der Waals surface area contributed by atoms with E-state index in [4.69, 9.17) is 20.8 Å². The average molecular weight is 340 g/mol. The minimum absolute atomic E-state index is 0.0446. The van der Waals surface area contributed by atoms with Gasteiger partial charge in [0.05, 0.1) is 29.6 Å². The van der Waals surface area contributed by atoms with Crippen molar-refractivity contribution in [1.29, 1.82) is 0 Å². The summed E-state index contributed by atoms with van der Waals surface area (Å²) in [6, 6.07) is 0. The second kappa shape index (κ2) is 6.29. The van der Waals surface area contributed by atoms with Gasteiger partial charge in [-0.05, 0) is 13.8 Å². The molecule has 8 nitrogen and oxygen atoms in total. The van der Waals surface area contributed by atoms with E-state index in [1.54, 1.807) is 16.5 Å². The predicted octanol–water partition coefficient (Wildman–Crippen LogP) is 1.44. The number of carbonyl (C=O) groups excluding carboxylic acids is 1. The minimum Gasteiger partial charge on any atom is -0.423 e. The number of amides is 1. The Labute approximate surface area is 138 Å². The molecule has 0 saturated carbocycles. The van der Waals surface area contributed by atoms with E-state index in [-0.39, 0.29) is 12.5 Å². The molecule has 0 spiro atoms. The van der Waals surface area contributed by atoms with Crippen LogP contribution in [0.3, 0.4) is 0 Å². The zero-order valence-corrected chi connectivity index (χ0v) is 14.0. The molecule has 0 aliphatic carbocycles. The van der Waals surface area contributed by atoms with E-state index in [1.807, 2.05) is 13.8 Å². The van der Waals surface area contributed by atoms with Gasteiger partial charge in [0.2, 0.25) is 17.7 Å². The molecule has 3 heterocycles. The first-order valence-corrected chi connectivity index (χ1v) is 7.72. The maximum atomic E-state index is 12.5. The summed E-state index contributed by atoms with van der Waals surface area (Å²) in [4.78, 5) is 14.2. The number of rotatable bonds is 3. The molecule has 1 atom stereocenters. The van der Waals surface area contributed by atoms with Gasteiger partial charge in [-0.25, -0.2) is 0 Å². The van der Waals surface area contributed by atoms with Gasteiger partial charge in [0, 0.05) is 13.5 Å². The molecule has 3 rings (SSSR count). The van der Waals surface area contributed by atoms with Crippen LogP contribution in [0.25, 0.3) is 0 Å². The first-order valence-electron chi connectivity index (χ1n) is 7.34. The van der Waals surface area contributed by atoms with Crippen LogP contribution in [0.5, 0.6) is 0 Å². The van der Waals surface area contributed by atoms with Crippen molar-refractivity contribution >= 4 is 17.5 Å². The summed E-state index contributed by atoms with van der Waals surface area (Å²) in [7, 11) is 0. The zero-order chi connectivity index (χ0) is 16.6. The average Bonchev–Trinajstić information content (AvgIpc) is 3.07. The van der Waals surface area contributed by atoms with Crippen LogP contribution in [-0.2, 0) is 16.1 Å². The summed E-state index contributed by atoms with van der Waals surface area (Å²) >= 11 is 6.12. The SMILES string of the molecule is Cc1nnc(C2CN(C(=O)Cn3nc(C)c(Cl)c3C)CCO2)o1. The van der Waals surface area contributed by atoms with Gasteiger partial charge in [0.25, 0.3) is 0 Å². The summed E-state index contributed by atoms with van der Waals surface area (Å²) in [6.07, 6.45) is -0.391. The van der Waals surface area contributed by atoms with E-state index in [9.17, 15) is 4.79 Å². The highest BCUT2D eigenvalue weighted by Crippen LogP contribution is 2.22. The number of hydrogen-bond acceptors (Lipinski definition) is 6. The van der Waals surface area contributed by atoms with Gasteiger partial charge in [0.1, 0.15) is 6.54 Å². The highest BCUT2D eigenvalue weighted by molar-refractivity contribution is 6.31. The molecule has 0 N–H and O–H groups in total. The first-order chi connectivity index (χ1) is 11.0. The maximum Gasteiger partial charge on any atom is 0.246 e. The third-order valence-corrected chi connectivity index (χ3v) is 4.36. The van der Waals surface area contributed by atoms with Gasteiger partial charge < -0.3 is 14.1 Å². The molecule has 0 radical (unpaired) electrons. The van der Waals surface area contributed by atoms with Crippen LogP contribution in [0.1, 0.15) is 29.3 Å². The second-order valence-corrected chi connectivity index (χ2v) is 5.88. The summed E-state index contributed by atoms with van der Waals surface area (Å²) in [5, 5.41) is 12.6. The Morgan fingerprint density at radius 3 is 2.74 bits per heavy atom. The first kappa shape index (κ1) is 15.9. The number of morpholine rings is 1. The molecule has 1 aliphatic rings. The van der Waals surface area contributed by atoms with Gasteiger partial charge >= 0.3 is 0 Å². The lowest BCUT2D eigenvalue weighted by molar-refractivity contribution is -0.140. The molecule has 2 aromatic heterocycles. The van der Waals surface area contributed by atoms with Crippen LogP contribution >= 0.6 is 11.6 Å². The number of hydrogen-bond donors (Lipinski definition) is 0. The van der Waals surface area contributed by atoms with Gasteiger partial charge in [-0.1, -0.05) is 11.6 Å².